The second-order valence-electron chi connectivity index (χ2n) is 2.93. The Labute approximate surface area is 91.7 Å². The van der Waals surface area contributed by atoms with Gasteiger partial charge in [0.2, 0.25) is 5.88 Å². The molecule has 0 bridgehead atoms. The van der Waals surface area contributed by atoms with Crippen LogP contribution in [0.5, 0.6) is 11.6 Å². The third-order valence-corrected chi connectivity index (χ3v) is 2.20. The molecule has 78 valence electrons. The van der Waals surface area contributed by atoms with Gasteiger partial charge in [0.1, 0.15) is 11.4 Å². The van der Waals surface area contributed by atoms with Crippen molar-refractivity contribution >= 4 is 11.6 Å². The van der Waals surface area contributed by atoms with Crippen LogP contribution in [0.25, 0.3) is 5.69 Å². The van der Waals surface area contributed by atoms with Crippen LogP contribution in [0.3, 0.4) is 0 Å². The van der Waals surface area contributed by atoms with Gasteiger partial charge in [-0.25, -0.2) is 4.68 Å². The van der Waals surface area contributed by atoms with E-state index in [9.17, 15) is 0 Å². The van der Waals surface area contributed by atoms with Gasteiger partial charge in [-0.15, -0.1) is 5.10 Å². The molecule has 1 aromatic heterocycles. The molecule has 0 unspecified atom stereocenters. The Morgan fingerprint density at radius 2 is 2.20 bits per heavy atom. The molecule has 0 fully saturated rings. The maximum absolute atomic E-state index is 9.13. The van der Waals surface area contributed by atoms with Crippen LogP contribution in [0.15, 0.2) is 30.5 Å². The number of ether oxygens (including phenoxy) is 1. The van der Waals surface area contributed by atoms with Crippen LogP contribution in [0.2, 0.25) is 5.02 Å². The van der Waals surface area contributed by atoms with Gasteiger partial charge in [0.05, 0.1) is 7.11 Å². The highest BCUT2D eigenvalue weighted by Crippen LogP contribution is 2.26. The molecule has 0 aliphatic carbocycles. The average Bonchev–Trinajstić information content (AvgIpc) is 2.64. The minimum Gasteiger partial charge on any atom is -0.494 e. The van der Waals surface area contributed by atoms with E-state index < -0.39 is 0 Å². The highest BCUT2D eigenvalue weighted by molar-refractivity contribution is 6.30. The maximum Gasteiger partial charge on any atom is 0.230 e. The Hall–Kier alpha value is -1.68. The number of methoxy groups -OCH3 is 1. The summed E-state index contributed by atoms with van der Waals surface area (Å²) in [4.78, 5) is 0. The lowest BCUT2D eigenvalue weighted by atomic mass is 10.3. The van der Waals surface area contributed by atoms with Gasteiger partial charge in [0.15, 0.2) is 0 Å². The first-order valence-electron chi connectivity index (χ1n) is 4.29. The number of hydrogen-bond acceptors (Lipinski definition) is 3. The fourth-order valence-corrected chi connectivity index (χ4v) is 1.45. The van der Waals surface area contributed by atoms with Crippen LogP contribution >= 0.6 is 11.6 Å². The molecule has 2 aromatic rings. The minimum atomic E-state index is -0.0352. The summed E-state index contributed by atoms with van der Waals surface area (Å²) in [7, 11) is 1.55. The zero-order valence-corrected chi connectivity index (χ0v) is 8.77. The molecule has 5 heteroatoms. The molecule has 0 radical (unpaired) electrons. The van der Waals surface area contributed by atoms with E-state index in [1.165, 1.54) is 10.7 Å². The van der Waals surface area contributed by atoms with Crippen molar-refractivity contribution in [3.8, 4) is 17.3 Å². The quantitative estimate of drug-likeness (QED) is 0.851. The van der Waals surface area contributed by atoms with Crippen molar-refractivity contribution < 1.29 is 9.84 Å². The summed E-state index contributed by atoms with van der Waals surface area (Å²) < 4.78 is 6.68. The van der Waals surface area contributed by atoms with Gasteiger partial charge in [-0.2, -0.15) is 0 Å². The smallest absolute Gasteiger partial charge is 0.230 e. The first-order chi connectivity index (χ1) is 7.20. The number of halogens is 1. The monoisotopic (exact) mass is 224 g/mol. The predicted octanol–water partition coefficient (Wildman–Crippen LogP) is 2.24. The second-order valence-corrected chi connectivity index (χ2v) is 3.37. The van der Waals surface area contributed by atoms with E-state index in [0.717, 1.165) is 5.69 Å². The molecule has 0 aliphatic rings. The fraction of sp³-hybridized carbons (Fsp3) is 0.100. The minimum absolute atomic E-state index is 0.0352. The van der Waals surface area contributed by atoms with E-state index >= 15 is 0 Å². The lowest BCUT2D eigenvalue weighted by Crippen LogP contribution is -1.98. The fourth-order valence-electron chi connectivity index (χ4n) is 1.29. The molecular formula is C10H9ClN2O2. The summed E-state index contributed by atoms with van der Waals surface area (Å²) in [5.74, 6) is 0.567. The Kier molecular flexibility index (Phi) is 2.51. The standard InChI is InChI=1S/C10H9ClN2O2/c1-15-9-6-7(11)2-3-8(9)13-5-4-10(14)12-13/h2-6H,1H3,(H,12,14). The Morgan fingerprint density at radius 3 is 2.80 bits per heavy atom. The van der Waals surface area contributed by atoms with Crippen molar-refractivity contribution in [2.45, 2.75) is 0 Å². The summed E-state index contributed by atoms with van der Waals surface area (Å²) >= 11 is 5.83. The van der Waals surface area contributed by atoms with Gasteiger partial charge < -0.3 is 9.84 Å². The van der Waals surface area contributed by atoms with Crippen molar-refractivity contribution in [2.24, 2.45) is 0 Å². The number of hydrogen-bond donors (Lipinski definition) is 1. The second kappa shape index (κ2) is 3.82. The van der Waals surface area contributed by atoms with E-state index in [4.69, 9.17) is 21.4 Å². The molecule has 2 rings (SSSR count). The van der Waals surface area contributed by atoms with Gasteiger partial charge in [0.25, 0.3) is 0 Å². The van der Waals surface area contributed by atoms with Gasteiger partial charge in [-0.05, 0) is 12.1 Å². The molecule has 0 saturated carbocycles. The molecule has 0 spiro atoms. The molecule has 0 atom stereocenters. The Bertz CT molecular complexity index is 482. The number of benzene rings is 1. The lowest BCUT2D eigenvalue weighted by molar-refractivity contribution is 0.410. The summed E-state index contributed by atoms with van der Waals surface area (Å²) in [6, 6.07) is 6.69. The van der Waals surface area contributed by atoms with Gasteiger partial charge in [-0.1, -0.05) is 11.6 Å². The van der Waals surface area contributed by atoms with E-state index in [1.54, 1.807) is 31.5 Å². The molecule has 1 N–H and O–H groups in total. The summed E-state index contributed by atoms with van der Waals surface area (Å²) in [5.41, 5.74) is 0.724. The van der Waals surface area contributed by atoms with Crippen LogP contribution in [0.1, 0.15) is 0 Å². The van der Waals surface area contributed by atoms with Gasteiger partial charge in [0, 0.05) is 23.4 Å². The van der Waals surface area contributed by atoms with Crippen LogP contribution in [0.4, 0.5) is 0 Å². The van der Waals surface area contributed by atoms with E-state index in [2.05, 4.69) is 5.10 Å². The van der Waals surface area contributed by atoms with E-state index in [-0.39, 0.29) is 5.88 Å². The molecule has 0 saturated heterocycles. The topological polar surface area (TPSA) is 47.3 Å². The van der Waals surface area contributed by atoms with Gasteiger partial charge in [-0.3, -0.25) is 0 Å². The lowest BCUT2D eigenvalue weighted by Gasteiger charge is -2.08. The normalized spacial score (nSPS) is 10.3. The first kappa shape index (κ1) is 9.86. The molecule has 4 nitrogen and oxygen atoms in total. The summed E-state index contributed by atoms with van der Waals surface area (Å²) in [5, 5.41) is 13.6. The van der Waals surface area contributed by atoms with Crippen molar-refractivity contribution in [3.63, 3.8) is 0 Å². The van der Waals surface area contributed by atoms with Crippen LogP contribution in [-0.2, 0) is 0 Å². The maximum atomic E-state index is 9.13. The van der Waals surface area contributed by atoms with Crippen molar-refractivity contribution in [1.82, 2.24) is 9.78 Å². The van der Waals surface area contributed by atoms with Gasteiger partial charge >= 0.3 is 0 Å². The highest BCUT2D eigenvalue weighted by Gasteiger charge is 2.07. The van der Waals surface area contributed by atoms with Crippen molar-refractivity contribution in [2.75, 3.05) is 7.11 Å². The molecule has 0 aliphatic heterocycles. The first-order valence-corrected chi connectivity index (χ1v) is 4.67. The van der Waals surface area contributed by atoms with Crippen LogP contribution < -0.4 is 4.74 Å². The SMILES string of the molecule is COc1cc(Cl)ccc1-n1ccc(O)n1. The van der Waals surface area contributed by atoms with Crippen molar-refractivity contribution in [3.05, 3.63) is 35.5 Å². The Balaban J connectivity index is 2.52. The summed E-state index contributed by atoms with van der Waals surface area (Å²) in [6.07, 6.45) is 1.64. The average molecular weight is 225 g/mol. The highest BCUT2D eigenvalue weighted by atomic mass is 35.5. The van der Waals surface area contributed by atoms with E-state index in [0.29, 0.717) is 10.8 Å². The zero-order valence-electron chi connectivity index (χ0n) is 8.01. The Morgan fingerprint density at radius 1 is 1.40 bits per heavy atom. The number of aromatic nitrogens is 2. The predicted molar refractivity (Wildman–Crippen MR) is 56.8 cm³/mol. The molecule has 0 amide bonds. The third-order valence-electron chi connectivity index (χ3n) is 1.96. The zero-order chi connectivity index (χ0) is 10.8. The number of rotatable bonds is 2. The molecule has 15 heavy (non-hydrogen) atoms. The van der Waals surface area contributed by atoms with E-state index in [1.807, 2.05) is 0 Å². The molecular weight excluding hydrogens is 216 g/mol. The number of aromatic hydroxyl groups is 1. The number of nitrogens with zero attached hydrogens (tertiary/aromatic N) is 2. The molecule has 1 aromatic carbocycles. The largest absolute Gasteiger partial charge is 0.494 e. The summed E-state index contributed by atoms with van der Waals surface area (Å²) in [6.45, 7) is 0. The van der Waals surface area contributed by atoms with Crippen LogP contribution in [0, 0.1) is 0 Å². The molecule has 1 heterocycles. The third kappa shape index (κ3) is 1.89. The van der Waals surface area contributed by atoms with Crippen molar-refractivity contribution in [1.29, 1.82) is 0 Å². The van der Waals surface area contributed by atoms with Crippen LogP contribution in [-0.4, -0.2) is 22.0 Å².